The van der Waals surface area contributed by atoms with E-state index < -0.39 is 11.4 Å². The molecule has 3 aliphatic rings. The molecule has 1 heterocycles. The molecule has 2 fully saturated rings. The number of carbonyl (C=O) groups is 3. The largest absolute Gasteiger partial charge is 0.481 e. The molecule has 2 amide bonds. The molecule has 8 heteroatoms. The quantitative estimate of drug-likeness (QED) is 0.538. The van der Waals surface area contributed by atoms with Crippen LogP contribution in [0.4, 0.5) is 0 Å². The average Bonchev–Trinajstić information content (AvgIpc) is 3.58. The van der Waals surface area contributed by atoms with Gasteiger partial charge in [0.25, 0.3) is 5.91 Å². The molecule has 2 saturated carbocycles. The van der Waals surface area contributed by atoms with Gasteiger partial charge in [0, 0.05) is 11.6 Å². The number of amides is 2. The van der Waals surface area contributed by atoms with E-state index in [0.29, 0.717) is 31.7 Å². The maximum absolute atomic E-state index is 13.5. The van der Waals surface area contributed by atoms with E-state index in [9.17, 15) is 19.5 Å². The molecule has 2 aliphatic carbocycles. The first-order valence-corrected chi connectivity index (χ1v) is 13.5. The Labute approximate surface area is 223 Å². The summed E-state index contributed by atoms with van der Waals surface area (Å²) in [6.45, 7) is 2.02. The zero-order chi connectivity index (χ0) is 26.7. The van der Waals surface area contributed by atoms with E-state index in [4.69, 9.17) is 4.74 Å². The van der Waals surface area contributed by atoms with Crippen LogP contribution in [0.25, 0.3) is 0 Å². The third-order valence-electron chi connectivity index (χ3n) is 8.28. The number of carbonyl (C=O) groups excluding carboxylic acids is 2. The molecular weight excluding hydrogens is 482 g/mol. The third-order valence-corrected chi connectivity index (χ3v) is 8.28. The van der Waals surface area contributed by atoms with Crippen LogP contribution in [-0.4, -0.2) is 46.4 Å². The number of nitrogens with zero attached hydrogens (tertiary/aromatic N) is 2. The summed E-state index contributed by atoms with van der Waals surface area (Å²) in [6, 6.07) is 17.3. The van der Waals surface area contributed by atoms with Gasteiger partial charge in [-0.3, -0.25) is 14.4 Å². The fourth-order valence-corrected chi connectivity index (χ4v) is 6.03. The number of rotatable bonds is 8. The number of hydrogen-bond acceptors (Lipinski definition) is 5. The van der Waals surface area contributed by atoms with Crippen molar-refractivity contribution in [2.24, 2.45) is 16.4 Å². The number of ether oxygens (including phenoxy) is 1. The van der Waals surface area contributed by atoms with Crippen molar-refractivity contribution >= 4 is 23.7 Å². The predicted octanol–water partition coefficient (Wildman–Crippen LogP) is 4.44. The highest BCUT2D eigenvalue weighted by molar-refractivity contribution is 5.97. The summed E-state index contributed by atoms with van der Waals surface area (Å²) < 4.78 is 5.54. The number of hydrazone groups is 1. The van der Waals surface area contributed by atoms with Crippen LogP contribution in [0.3, 0.4) is 0 Å². The van der Waals surface area contributed by atoms with Gasteiger partial charge in [-0.2, -0.15) is 0 Å². The van der Waals surface area contributed by atoms with Crippen molar-refractivity contribution in [3.05, 3.63) is 71.3 Å². The topological polar surface area (TPSA) is 108 Å². The molecule has 2 N–H and O–H groups in total. The first kappa shape index (κ1) is 25.9. The van der Waals surface area contributed by atoms with Gasteiger partial charge in [0.2, 0.25) is 11.8 Å². The van der Waals surface area contributed by atoms with Gasteiger partial charge in [-0.15, -0.1) is 5.10 Å². The van der Waals surface area contributed by atoms with Crippen LogP contribution >= 0.6 is 0 Å². The molecule has 0 radical (unpaired) electrons. The van der Waals surface area contributed by atoms with Crippen LogP contribution in [-0.2, 0) is 25.7 Å². The molecule has 200 valence electrons. The van der Waals surface area contributed by atoms with E-state index in [1.165, 1.54) is 5.01 Å². The second-order valence-electron chi connectivity index (χ2n) is 11.1. The molecule has 5 rings (SSSR count). The van der Waals surface area contributed by atoms with Crippen LogP contribution in [0, 0.1) is 11.3 Å². The fraction of sp³-hybridized carbons (Fsp3) is 0.467. The molecule has 1 unspecified atom stereocenters. The predicted molar refractivity (Wildman–Crippen MR) is 142 cm³/mol. The molecule has 38 heavy (non-hydrogen) atoms. The minimum Gasteiger partial charge on any atom is -0.481 e. The second-order valence-corrected chi connectivity index (χ2v) is 11.1. The summed E-state index contributed by atoms with van der Waals surface area (Å²) in [7, 11) is 0. The highest BCUT2D eigenvalue weighted by Crippen LogP contribution is 2.40. The molecular formula is C30H35N3O5. The van der Waals surface area contributed by atoms with Crippen LogP contribution in [0.15, 0.2) is 59.7 Å². The van der Waals surface area contributed by atoms with E-state index in [0.717, 1.165) is 42.4 Å². The minimum absolute atomic E-state index is 0.00949. The smallest absolute Gasteiger partial charge is 0.309 e. The molecule has 0 aromatic heterocycles. The maximum Gasteiger partial charge on any atom is 0.309 e. The molecule has 1 aliphatic heterocycles. The van der Waals surface area contributed by atoms with E-state index in [2.05, 4.69) is 10.4 Å². The van der Waals surface area contributed by atoms with Gasteiger partial charge in [0.15, 0.2) is 6.61 Å². The highest BCUT2D eigenvalue weighted by Gasteiger charge is 2.43. The Bertz CT molecular complexity index is 1210. The van der Waals surface area contributed by atoms with Crippen LogP contribution in [0.1, 0.15) is 74.5 Å². The average molecular weight is 518 g/mol. The van der Waals surface area contributed by atoms with E-state index in [-0.39, 0.29) is 36.3 Å². The highest BCUT2D eigenvalue weighted by atomic mass is 16.5. The first-order valence-electron chi connectivity index (χ1n) is 13.5. The van der Waals surface area contributed by atoms with Crippen molar-refractivity contribution in [3.8, 4) is 0 Å². The standard InChI is InChI=1S/C30H35N3O5/c1-30(29(36)37)16-15-24(17-30)31-27(35)26(21-7-5-6-8-21)22-13-11-20(12-14-22)18-33-25(34)19-38-28(32-33)23-9-3-2-4-10-23/h2-4,9-14,21,24,26H,5-8,15-19H2,1H3,(H,31,35)(H,36,37)/t24-,26?,30+/m0/s1. The van der Waals surface area contributed by atoms with Crippen LogP contribution < -0.4 is 5.32 Å². The lowest BCUT2D eigenvalue weighted by atomic mass is 9.83. The zero-order valence-electron chi connectivity index (χ0n) is 21.8. The second kappa shape index (κ2) is 11.0. The number of carboxylic acid groups (broad SMARTS) is 1. The molecule has 2 aromatic carbocycles. The van der Waals surface area contributed by atoms with Gasteiger partial charge in [0.05, 0.1) is 17.9 Å². The van der Waals surface area contributed by atoms with Crippen molar-refractivity contribution in [2.75, 3.05) is 6.61 Å². The summed E-state index contributed by atoms with van der Waals surface area (Å²) >= 11 is 0. The zero-order valence-corrected chi connectivity index (χ0v) is 21.8. The fourth-order valence-electron chi connectivity index (χ4n) is 6.03. The van der Waals surface area contributed by atoms with Gasteiger partial charge < -0.3 is 15.2 Å². The monoisotopic (exact) mass is 517 g/mol. The number of aliphatic carboxylic acids is 1. The number of hydrogen-bond donors (Lipinski definition) is 2. The Morgan fingerprint density at radius 3 is 2.47 bits per heavy atom. The Morgan fingerprint density at radius 2 is 1.82 bits per heavy atom. The lowest BCUT2D eigenvalue weighted by molar-refractivity contribution is -0.147. The van der Waals surface area contributed by atoms with Gasteiger partial charge in [0.1, 0.15) is 0 Å². The van der Waals surface area contributed by atoms with Gasteiger partial charge in [-0.25, -0.2) is 5.01 Å². The van der Waals surface area contributed by atoms with Gasteiger partial charge in [-0.05, 0) is 68.2 Å². The number of carboxylic acids is 1. The minimum atomic E-state index is -0.795. The molecule has 2 aromatic rings. The van der Waals surface area contributed by atoms with Crippen molar-refractivity contribution < 1.29 is 24.2 Å². The van der Waals surface area contributed by atoms with Gasteiger partial charge in [-0.1, -0.05) is 55.3 Å². The molecule has 8 nitrogen and oxygen atoms in total. The normalized spacial score (nSPS) is 24.6. The lowest BCUT2D eigenvalue weighted by Gasteiger charge is -2.26. The van der Waals surface area contributed by atoms with E-state index in [1.807, 2.05) is 54.6 Å². The van der Waals surface area contributed by atoms with Crippen molar-refractivity contribution in [1.82, 2.24) is 10.3 Å². The maximum atomic E-state index is 13.5. The Morgan fingerprint density at radius 1 is 1.11 bits per heavy atom. The van der Waals surface area contributed by atoms with Crippen LogP contribution in [0.2, 0.25) is 0 Å². The van der Waals surface area contributed by atoms with Gasteiger partial charge >= 0.3 is 5.97 Å². The van der Waals surface area contributed by atoms with Crippen molar-refractivity contribution in [1.29, 1.82) is 0 Å². The van der Waals surface area contributed by atoms with Crippen LogP contribution in [0.5, 0.6) is 0 Å². The van der Waals surface area contributed by atoms with Crippen molar-refractivity contribution in [2.45, 2.75) is 70.4 Å². The first-order chi connectivity index (χ1) is 18.3. The summed E-state index contributed by atoms with van der Waals surface area (Å²) in [5.74, 6) is -0.587. The SMILES string of the molecule is C[C@@]1(C(=O)O)CC[C@H](NC(=O)C(c2ccc(CN3N=C(c4ccccc4)OCC3=O)cc2)C2CCCC2)C1. The molecule has 3 atom stereocenters. The summed E-state index contributed by atoms with van der Waals surface area (Å²) in [4.78, 5) is 37.7. The lowest BCUT2D eigenvalue weighted by Crippen LogP contribution is -2.40. The van der Waals surface area contributed by atoms with E-state index in [1.54, 1.807) is 6.92 Å². The third kappa shape index (κ3) is 5.59. The molecule has 0 saturated heterocycles. The summed E-state index contributed by atoms with van der Waals surface area (Å²) in [5, 5.41) is 18.6. The van der Waals surface area contributed by atoms with E-state index >= 15 is 0 Å². The Hall–Kier alpha value is -3.68. The molecule has 0 spiro atoms. The summed E-state index contributed by atoms with van der Waals surface area (Å²) in [5.41, 5.74) is 1.91. The number of benzene rings is 2. The Kier molecular flexibility index (Phi) is 7.49. The summed E-state index contributed by atoms with van der Waals surface area (Å²) in [6.07, 6.45) is 5.98. The Balaban J connectivity index is 1.29. The van der Waals surface area contributed by atoms with Crippen molar-refractivity contribution in [3.63, 3.8) is 0 Å². The number of nitrogens with one attached hydrogen (secondary N) is 1. The molecule has 0 bridgehead atoms.